The summed E-state index contributed by atoms with van der Waals surface area (Å²) in [5.74, 6) is 0.218. The van der Waals surface area contributed by atoms with E-state index in [0.29, 0.717) is 24.1 Å². The Bertz CT molecular complexity index is 1000. The van der Waals surface area contributed by atoms with E-state index in [1.54, 1.807) is 15.4 Å². The van der Waals surface area contributed by atoms with E-state index in [9.17, 15) is 9.59 Å². The van der Waals surface area contributed by atoms with Crippen molar-refractivity contribution in [2.45, 2.75) is 46.7 Å². The van der Waals surface area contributed by atoms with E-state index in [1.807, 2.05) is 33.2 Å². The van der Waals surface area contributed by atoms with Gasteiger partial charge < -0.3 is 4.98 Å². The highest BCUT2D eigenvalue weighted by Crippen LogP contribution is 2.21. The summed E-state index contributed by atoms with van der Waals surface area (Å²) in [6, 6.07) is 1.88. The van der Waals surface area contributed by atoms with Gasteiger partial charge in [0, 0.05) is 31.9 Å². The average Bonchev–Trinajstić information content (AvgIpc) is 3.18. The zero-order chi connectivity index (χ0) is 18.1. The van der Waals surface area contributed by atoms with Gasteiger partial charge in [-0.3, -0.25) is 18.6 Å². The number of hydrogen-bond donors (Lipinski definition) is 1. The van der Waals surface area contributed by atoms with Crippen LogP contribution in [0.15, 0.2) is 28.0 Å². The van der Waals surface area contributed by atoms with Crippen LogP contribution in [0.25, 0.3) is 22.3 Å². The Kier molecular flexibility index (Phi) is 4.65. The van der Waals surface area contributed by atoms with Crippen molar-refractivity contribution in [3.63, 3.8) is 0 Å². The molecule has 3 aromatic rings. The second kappa shape index (κ2) is 6.74. The molecule has 0 aromatic carbocycles. The van der Waals surface area contributed by atoms with E-state index in [-0.39, 0.29) is 17.2 Å². The summed E-state index contributed by atoms with van der Waals surface area (Å²) < 4.78 is 4.78. The van der Waals surface area contributed by atoms with Gasteiger partial charge in [0.1, 0.15) is 5.52 Å². The molecule has 7 nitrogen and oxygen atoms in total. The Labute approximate surface area is 145 Å². The van der Waals surface area contributed by atoms with E-state index >= 15 is 0 Å². The number of nitrogens with one attached hydrogen (secondary N) is 1. The molecule has 3 rings (SSSR count). The van der Waals surface area contributed by atoms with Crippen LogP contribution < -0.4 is 11.2 Å². The van der Waals surface area contributed by atoms with Crippen LogP contribution in [-0.2, 0) is 20.1 Å². The highest BCUT2D eigenvalue weighted by molar-refractivity contribution is 5.82. The summed E-state index contributed by atoms with van der Waals surface area (Å²) in [6.45, 7) is 7.12. The monoisotopic (exact) mass is 343 g/mol. The molecule has 0 spiro atoms. The molecular weight excluding hydrogens is 318 g/mol. The number of aromatic nitrogens is 5. The Morgan fingerprint density at radius 2 is 2.00 bits per heavy atom. The fourth-order valence-corrected chi connectivity index (χ4v) is 3.06. The van der Waals surface area contributed by atoms with Crippen molar-refractivity contribution in [3.8, 4) is 11.3 Å². The van der Waals surface area contributed by atoms with Crippen LogP contribution in [0.3, 0.4) is 0 Å². The smallest absolute Gasteiger partial charge is 0.331 e. The molecule has 0 bridgehead atoms. The molecule has 25 heavy (non-hydrogen) atoms. The van der Waals surface area contributed by atoms with Gasteiger partial charge in [-0.25, -0.2) is 4.79 Å². The third-order valence-electron chi connectivity index (χ3n) is 4.31. The number of unbranched alkanes of at least 4 members (excludes halogenated alkanes) is 1. The molecule has 0 saturated carbocycles. The Morgan fingerprint density at radius 1 is 1.24 bits per heavy atom. The maximum absolute atomic E-state index is 12.9. The molecule has 3 heterocycles. The third kappa shape index (κ3) is 3.18. The van der Waals surface area contributed by atoms with Gasteiger partial charge in [-0.2, -0.15) is 5.10 Å². The normalized spacial score (nSPS) is 11.7. The first-order valence-electron chi connectivity index (χ1n) is 8.77. The molecule has 0 radical (unpaired) electrons. The molecule has 3 aromatic heterocycles. The molecule has 1 N–H and O–H groups in total. The van der Waals surface area contributed by atoms with E-state index in [1.165, 1.54) is 4.57 Å². The number of fused-ring (bicyclic) bond motifs is 1. The average molecular weight is 343 g/mol. The molecule has 0 atom stereocenters. The van der Waals surface area contributed by atoms with Crippen molar-refractivity contribution < 1.29 is 0 Å². The molecule has 0 amide bonds. The Morgan fingerprint density at radius 3 is 2.60 bits per heavy atom. The lowest BCUT2D eigenvalue weighted by Gasteiger charge is -2.13. The standard InChI is InChI=1S/C18H25N5O2/c1-5-6-7-22-15-8-14(13-9-19-21(4)11-13)20-16(15)17(24)23(18(22)25)10-12(2)3/h8-9,11-12,20H,5-7,10H2,1-4H3. The van der Waals surface area contributed by atoms with Gasteiger partial charge in [0.2, 0.25) is 0 Å². The van der Waals surface area contributed by atoms with Crippen LogP contribution in [0.1, 0.15) is 33.6 Å². The van der Waals surface area contributed by atoms with Crippen molar-refractivity contribution in [2.24, 2.45) is 13.0 Å². The van der Waals surface area contributed by atoms with Gasteiger partial charge in [-0.1, -0.05) is 27.2 Å². The predicted octanol–water partition coefficient (Wildman–Crippen LogP) is 2.35. The molecular formula is C18H25N5O2. The second-order valence-corrected chi connectivity index (χ2v) is 6.94. The van der Waals surface area contributed by atoms with Crippen LogP contribution in [0, 0.1) is 5.92 Å². The number of H-pyrrole nitrogens is 1. The number of aromatic amines is 1. The minimum atomic E-state index is -0.253. The fraction of sp³-hybridized carbons (Fsp3) is 0.500. The van der Waals surface area contributed by atoms with Crippen molar-refractivity contribution in [3.05, 3.63) is 39.3 Å². The first kappa shape index (κ1) is 17.3. The summed E-state index contributed by atoms with van der Waals surface area (Å²) in [5, 5.41) is 4.18. The van der Waals surface area contributed by atoms with E-state index in [2.05, 4.69) is 17.0 Å². The molecule has 0 unspecified atom stereocenters. The highest BCUT2D eigenvalue weighted by Gasteiger charge is 2.17. The topological polar surface area (TPSA) is 77.6 Å². The van der Waals surface area contributed by atoms with Crippen molar-refractivity contribution in [2.75, 3.05) is 0 Å². The summed E-state index contributed by atoms with van der Waals surface area (Å²) in [4.78, 5) is 29.0. The number of hydrogen-bond acceptors (Lipinski definition) is 3. The predicted molar refractivity (Wildman–Crippen MR) is 98.8 cm³/mol. The molecule has 0 aliphatic carbocycles. The van der Waals surface area contributed by atoms with Crippen LogP contribution in [0.4, 0.5) is 0 Å². The van der Waals surface area contributed by atoms with Crippen molar-refractivity contribution >= 4 is 11.0 Å². The van der Waals surface area contributed by atoms with E-state index < -0.39 is 0 Å². The maximum Gasteiger partial charge on any atom is 0.331 e. The Balaban J connectivity index is 2.26. The first-order chi connectivity index (χ1) is 11.9. The first-order valence-corrected chi connectivity index (χ1v) is 8.77. The Hall–Kier alpha value is -2.57. The fourth-order valence-electron chi connectivity index (χ4n) is 3.06. The number of nitrogens with zero attached hydrogens (tertiary/aromatic N) is 4. The summed E-state index contributed by atoms with van der Waals surface area (Å²) in [5.41, 5.74) is 2.36. The highest BCUT2D eigenvalue weighted by atomic mass is 16.2. The van der Waals surface area contributed by atoms with Gasteiger partial charge in [0.15, 0.2) is 0 Å². The molecule has 7 heteroatoms. The quantitative estimate of drug-likeness (QED) is 0.746. The second-order valence-electron chi connectivity index (χ2n) is 6.94. The van der Waals surface area contributed by atoms with Gasteiger partial charge in [0.05, 0.1) is 17.4 Å². The minimum Gasteiger partial charge on any atom is -0.349 e. The SMILES string of the molecule is CCCCn1c(=O)n(CC(C)C)c(=O)c2[nH]c(-c3cnn(C)c3)cc21. The van der Waals surface area contributed by atoms with Crippen molar-refractivity contribution in [1.82, 2.24) is 23.9 Å². The van der Waals surface area contributed by atoms with E-state index in [0.717, 1.165) is 24.1 Å². The van der Waals surface area contributed by atoms with Gasteiger partial charge in [-0.05, 0) is 18.4 Å². The molecule has 0 fully saturated rings. The van der Waals surface area contributed by atoms with Crippen molar-refractivity contribution in [1.29, 1.82) is 0 Å². The van der Waals surface area contributed by atoms with Gasteiger partial charge in [0.25, 0.3) is 5.56 Å². The largest absolute Gasteiger partial charge is 0.349 e. The molecule has 0 saturated heterocycles. The zero-order valence-corrected chi connectivity index (χ0v) is 15.2. The lowest BCUT2D eigenvalue weighted by molar-refractivity contribution is 0.472. The molecule has 0 aliphatic rings. The van der Waals surface area contributed by atoms with E-state index in [4.69, 9.17) is 0 Å². The zero-order valence-electron chi connectivity index (χ0n) is 15.2. The summed E-state index contributed by atoms with van der Waals surface area (Å²) >= 11 is 0. The summed E-state index contributed by atoms with van der Waals surface area (Å²) in [7, 11) is 1.85. The van der Waals surface area contributed by atoms with Crippen LogP contribution in [-0.4, -0.2) is 23.9 Å². The summed E-state index contributed by atoms with van der Waals surface area (Å²) in [6.07, 6.45) is 5.50. The van der Waals surface area contributed by atoms with Gasteiger partial charge >= 0.3 is 5.69 Å². The van der Waals surface area contributed by atoms with Gasteiger partial charge in [-0.15, -0.1) is 0 Å². The van der Waals surface area contributed by atoms with Crippen LogP contribution in [0.5, 0.6) is 0 Å². The number of rotatable bonds is 6. The number of aryl methyl sites for hydroxylation is 2. The third-order valence-corrected chi connectivity index (χ3v) is 4.31. The minimum absolute atomic E-state index is 0.218. The lowest BCUT2D eigenvalue weighted by Crippen LogP contribution is -2.41. The molecule has 0 aliphatic heterocycles. The van der Waals surface area contributed by atoms with Crippen LogP contribution in [0.2, 0.25) is 0 Å². The molecule has 134 valence electrons. The van der Waals surface area contributed by atoms with Crippen LogP contribution >= 0.6 is 0 Å². The lowest BCUT2D eigenvalue weighted by atomic mass is 10.2. The maximum atomic E-state index is 12.9.